The Balaban J connectivity index is -0.000000141. The van der Waals surface area contributed by atoms with E-state index in [0.29, 0.717) is 11.1 Å². The van der Waals surface area contributed by atoms with Gasteiger partial charge in [-0.3, -0.25) is 9.97 Å². The summed E-state index contributed by atoms with van der Waals surface area (Å²) in [4.78, 5) is 22.4. The van der Waals surface area contributed by atoms with E-state index in [1.165, 1.54) is 61.2 Å². The second kappa shape index (κ2) is 34.8. The highest BCUT2D eigenvalue weighted by Crippen LogP contribution is 2.25. The Morgan fingerprint density at radius 2 is 0.863 bits per heavy atom. The van der Waals surface area contributed by atoms with Crippen LogP contribution in [0.25, 0.3) is 0 Å². The zero-order valence-corrected chi connectivity index (χ0v) is 42.3. The maximum atomic E-state index is 13.0. The zero-order valence-electron chi connectivity index (χ0n) is 42.3. The Morgan fingerprint density at radius 3 is 1.19 bits per heavy atom. The first-order valence-electron chi connectivity index (χ1n) is 21.7. The summed E-state index contributed by atoms with van der Waals surface area (Å²) in [5.41, 5.74) is 4.56. The van der Waals surface area contributed by atoms with E-state index in [4.69, 9.17) is 0 Å². The van der Waals surface area contributed by atoms with Gasteiger partial charge in [-0.1, -0.05) is 195 Å². The van der Waals surface area contributed by atoms with Gasteiger partial charge in [0, 0.05) is 70.5 Å². The predicted molar refractivity (Wildman–Crippen MR) is 304 cm³/mol. The largest absolute Gasteiger partial charge is 0.264 e. The van der Waals surface area contributed by atoms with Crippen molar-refractivity contribution >= 4 is 0 Å². The molecule has 6 aromatic heterocycles. The molecule has 0 aliphatic heterocycles. The second-order valence-electron chi connectivity index (χ2n) is 21.6. The third kappa shape index (κ3) is 32.3. The number of hydrogen-bond donors (Lipinski definition) is 0. The van der Waals surface area contributed by atoms with Gasteiger partial charge in [-0.15, -0.1) is 0 Å². The summed E-state index contributed by atoms with van der Waals surface area (Å²) in [5.74, 6) is -1.98. The molecule has 12 heteroatoms. The standard InChI is InChI=1S/6C9H12FN.7CH4/c1-9(2,3)7-6-11-5-4-8(7)10;1-9(2,3)8-6-7(10)4-5-11-8;1-9(2,3)7-4-5-11-8(10)6-7;1-9(2,3)7-4-5-8(10)11-6-7;1-9(2,3)7-5-4-6-11-8(7)10;1-9(2,3)7-5-4-6-8(10)11-7;;;;;;;/h6*4-6H,1-3H3;7*1H4/i6*10-1;;;;;;;. The van der Waals surface area contributed by atoms with Crippen molar-refractivity contribution < 1.29 is 26.3 Å². The zero-order chi connectivity index (χ0) is 50.9. The van der Waals surface area contributed by atoms with Gasteiger partial charge < -0.3 is 0 Å². The molecule has 0 spiro atoms. The van der Waals surface area contributed by atoms with Gasteiger partial charge in [-0.25, -0.2) is 28.7 Å². The molecule has 0 saturated heterocycles. The SMILES string of the molecule is C.C.C.C.C.C.C.CC(C)(C)c1cc([18F])ccn1.CC(C)(C)c1ccc([18F])nc1.CC(C)(C)c1cccc([18F])n1.CC(C)(C)c1cccnc1[18F].CC(C)(C)c1ccnc([18F])c1.CC(C)(C)c1cnccc1[18F]. The van der Waals surface area contributed by atoms with Crippen LogP contribution in [0.5, 0.6) is 0 Å². The van der Waals surface area contributed by atoms with Crippen LogP contribution in [0.1, 0.15) is 210 Å². The Kier molecular flexibility index (Phi) is 38.9. The first kappa shape index (κ1) is 81.5. The molecule has 0 saturated carbocycles. The van der Waals surface area contributed by atoms with Crippen LogP contribution in [-0.2, 0) is 32.5 Å². The smallest absolute Gasteiger partial charge is 0.216 e. The van der Waals surface area contributed by atoms with Gasteiger partial charge in [0.1, 0.15) is 11.6 Å². The summed E-state index contributed by atoms with van der Waals surface area (Å²) in [6, 6.07) is 19.1. The van der Waals surface area contributed by atoms with Crippen LogP contribution in [0, 0.1) is 35.4 Å². The van der Waals surface area contributed by atoms with Crippen molar-refractivity contribution in [2.24, 2.45) is 0 Å². The fourth-order valence-electron chi connectivity index (χ4n) is 5.20. The lowest BCUT2D eigenvalue weighted by Crippen LogP contribution is -2.14. The van der Waals surface area contributed by atoms with Gasteiger partial charge in [-0.2, -0.15) is 17.6 Å². The molecule has 0 N–H and O–H groups in total. The average Bonchev–Trinajstić information content (AvgIpc) is 3.18. The molecular formula is C61H100F6N6. The lowest BCUT2D eigenvalue weighted by molar-refractivity contribution is 0.499. The molecule has 6 aromatic rings. The van der Waals surface area contributed by atoms with Crippen LogP contribution in [0.2, 0.25) is 0 Å². The molecule has 0 unspecified atom stereocenters. The topological polar surface area (TPSA) is 77.3 Å². The summed E-state index contributed by atoms with van der Waals surface area (Å²) >= 11 is 0. The lowest BCUT2D eigenvalue weighted by atomic mass is 9.88. The van der Waals surface area contributed by atoms with Crippen LogP contribution in [0.15, 0.2) is 110 Å². The van der Waals surface area contributed by atoms with Gasteiger partial charge in [0.25, 0.3) is 0 Å². The molecular weight excluding hydrogens is 925 g/mol. The number of rotatable bonds is 0. The maximum absolute atomic E-state index is 13.0. The normalized spacial score (nSPS) is 10.5. The number of pyridine rings is 6. The predicted octanol–water partition coefficient (Wildman–Crippen LogP) is 19.6. The molecule has 6 heterocycles. The van der Waals surface area contributed by atoms with Crippen molar-refractivity contribution in [3.8, 4) is 0 Å². The van der Waals surface area contributed by atoms with E-state index in [9.17, 15) is 26.3 Å². The summed E-state index contributed by atoms with van der Waals surface area (Å²) in [6.07, 6.45) is 9.08. The number of halogens is 6. The fourth-order valence-corrected chi connectivity index (χ4v) is 5.20. The van der Waals surface area contributed by atoms with Gasteiger partial charge >= 0.3 is 0 Å². The number of nitrogens with zero attached hydrogens (tertiary/aromatic N) is 6. The molecule has 0 radical (unpaired) electrons. The Labute approximate surface area is 442 Å². The van der Waals surface area contributed by atoms with Crippen LogP contribution < -0.4 is 0 Å². The Bertz CT molecular complexity index is 2160. The number of aromatic nitrogens is 6. The van der Waals surface area contributed by atoms with Gasteiger partial charge in [0.05, 0.1) is 0 Å². The third-order valence-electron chi connectivity index (χ3n) is 9.30. The van der Waals surface area contributed by atoms with Crippen molar-refractivity contribution in [3.63, 3.8) is 0 Å². The molecule has 0 aromatic carbocycles. The summed E-state index contributed by atoms with van der Waals surface area (Å²) in [6.45, 7) is 36.2. The van der Waals surface area contributed by atoms with E-state index in [0.717, 1.165) is 22.5 Å². The van der Waals surface area contributed by atoms with Crippen LogP contribution in [0.4, 0.5) is 26.3 Å². The lowest BCUT2D eigenvalue weighted by Gasteiger charge is -2.18. The monoisotopic (exact) mass is 1020 g/mol. The molecule has 0 bridgehead atoms. The van der Waals surface area contributed by atoms with Crippen molar-refractivity contribution in [2.75, 3.05) is 0 Å². The minimum atomic E-state index is -0.419. The van der Waals surface area contributed by atoms with Gasteiger partial charge in [-0.05, 0) is 87.4 Å². The first-order chi connectivity index (χ1) is 30.0. The minimum Gasteiger partial charge on any atom is -0.264 e. The van der Waals surface area contributed by atoms with E-state index in [1.54, 1.807) is 36.7 Å². The highest BCUT2D eigenvalue weighted by molar-refractivity contribution is 5.22. The molecule has 0 aliphatic rings. The summed E-state index contributed by atoms with van der Waals surface area (Å²) in [7, 11) is 0. The molecule has 0 amide bonds. The first-order valence-corrected chi connectivity index (χ1v) is 21.7. The highest BCUT2D eigenvalue weighted by atomic mass is 18.2. The minimum absolute atomic E-state index is 0. The van der Waals surface area contributed by atoms with Crippen LogP contribution >= 0.6 is 0 Å². The van der Waals surface area contributed by atoms with Crippen molar-refractivity contribution in [3.05, 3.63) is 179 Å². The number of hydrogen-bond acceptors (Lipinski definition) is 6. The van der Waals surface area contributed by atoms with Crippen LogP contribution in [0.3, 0.4) is 0 Å². The van der Waals surface area contributed by atoms with Crippen molar-refractivity contribution in [2.45, 2.75) is 209 Å². The Hall–Kier alpha value is -5.52. The molecule has 0 atom stereocenters. The molecule has 6 rings (SSSR count). The summed E-state index contributed by atoms with van der Waals surface area (Å²) in [5, 5.41) is 0. The quantitative estimate of drug-likeness (QED) is 0.111. The van der Waals surface area contributed by atoms with E-state index in [-0.39, 0.29) is 102 Å². The van der Waals surface area contributed by atoms with Gasteiger partial charge in [0.2, 0.25) is 23.8 Å². The molecule has 0 fully saturated rings. The molecule has 416 valence electrons. The van der Waals surface area contributed by atoms with E-state index >= 15 is 0 Å². The molecule has 6 nitrogen and oxygen atoms in total. The van der Waals surface area contributed by atoms with Crippen LogP contribution in [-0.4, -0.2) is 29.9 Å². The molecule has 0 aliphatic carbocycles. The van der Waals surface area contributed by atoms with Crippen molar-refractivity contribution in [1.82, 2.24) is 29.9 Å². The van der Waals surface area contributed by atoms with E-state index in [1.807, 2.05) is 116 Å². The van der Waals surface area contributed by atoms with E-state index in [2.05, 4.69) is 50.7 Å². The molecule has 73 heavy (non-hydrogen) atoms. The maximum Gasteiger partial charge on any atom is 0.216 e. The second-order valence-corrected chi connectivity index (χ2v) is 21.6. The Morgan fingerprint density at radius 1 is 0.342 bits per heavy atom. The highest BCUT2D eigenvalue weighted by Gasteiger charge is 2.20. The van der Waals surface area contributed by atoms with E-state index < -0.39 is 17.8 Å². The fraction of sp³-hybridized carbons (Fsp3) is 0.508. The van der Waals surface area contributed by atoms with Gasteiger partial charge in [0.15, 0.2) is 0 Å². The average molecular weight is 1030 g/mol. The summed E-state index contributed by atoms with van der Waals surface area (Å²) < 4.78 is 76.2. The van der Waals surface area contributed by atoms with Crippen molar-refractivity contribution in [1.29, 1.82) is 0 Å². The third-order valence-corrected chi connectivity index (χ3v) is 9.30.